The van der Waals surface area contributed by atoms with Crippen molar-refractivity contribution in [1.82, 2.24) is 15.1 Å². The Morgan fingerprint density at radius 1 is 1.12 bits per heavy atom. The van der Waals surface area contributed by atoms with Gasteiger partial charge in [0.1, 0.15) is 6.04 Å². The zero-order valence-electron chi connectivity index (χ0n) is 19.1. The molecule has 0 bridgehead atoms. The first-order chi connectivity index (χ1) is 15.4. The zero-order chi connectivity index (χ0) is 24.8. The molecule has 33 heavy (non-hydrogen) atoms. The molecule has 1 heterocycles. The number of benzene rings is 2. The van der Waals surface area contributed by atoms with Gasteiger partial charge in [-0.3, -0.25) is 28.7 Å². The van der Waals surface area contributed by atoms with E-state index in [9.17, 15) is 22.8 Å². The highest BCUT2D eigenvalue weighted by Gasteiger charge is 2.43. The number of nitrogens with one attached hydrogen (secondary N) is 1. The molecule has 0 aromatic heterocycles. The Kier molecular flexibility index (Phi) is 8.86. The first kappa shape index (κ1) is 26.2. The number of nitrogens with zero attached hydrogens (tertiary/aromatic N) is 2. The summed E-state index contributed by atoms with van der Waals surface area (Å²) in [7, 11) is -0.521. The predicted octanol–water partition coefficient (Wildman–Crippen LogP) is 1.62. The van der Waals surface area contributed by atoms with Crippen molar-refractivity contribution in [2.24, 2.45) is 0 Å². The third-order valence-electron chi connectivity index (χ3n) is 5.18. The maximum atomic E-state index is 12.3. The lowest BCUT2D eigenvalue weighted by Crippen LogP contribution is -2.49. The number of imide groups is 1. The van der Waals surface area contributed by atoms with Crippen molar-refractivity contribution in [2.45, 2.75) is 43.8 Å². The quantitative estimate of drug-likeness (QED) is 0.481. The molecule has 9 nitrogen and oxygen atoms in total. The molecule has 2 aromatic rings. The second-order valence-corrected chi connectivity index (χ2v) is 9.37. The molecule has 2 atom stereocenters. The van der Waals surface area contributed by atoms with Gasteiger partial charge in [-0.15, -0.1) is 0 Å². The number of aryl methyl sites for hydroxylation is 1. The van der Waals surface area contributed by atoms with Crippen LogP contribution in [0.1, 0.15) is 24.5 Å². The SMILES string of the molecule is C[C@H](C(=O)NCc1ccccc1)N1C(=O)CC(N(C)C)C1=O.Cc1ccc(S(=O)(=O)O)cc1. The van der Waals surface area contributed by atoms with Crippen molar-refractivity contribution in [3.8, 4) is 0 Å². The highest BCUT2D eigenvalue weighted by atomic mass is 32.2. The normalized spacial score (nSPS) is 16.9. The van der Waals surface area contributed by atoms with E-state index in [4.69, 9.17) is 4.55 Å². The van der Waals surface area contributed by atoms with Gasteiger partial charge in [0.05, 0.1) is 17.4 Å². The highest BCUT2D eigenvalue weighted by Crippen LogP contribution is 2.19. The Labute approximate surface area is 194 Å². The van der Waals surface area contributed by atoms with E-state index in [1.54, 1.807) is 38.1 Å². The van der Waals surface area contributed by atoms with E-state index >= 15 is 0 Å². The summed E-state index contributed by atoms with van der Waals surface area (Å²) < 4.78 is 29.6. The topological polar surface area (TPSA) is 124 Å². The van der Waals surface area contributed by atoms with E-state index in [0.717, 1.165) is 16.0 Å². The first-order valence-electron chi connectivity index (χ1n) is 10.3. The Balaban J connectivity index is 0.000000294. The summed E-state index contributed by atoms with van der Waals surface area (Å²) in [6.45, 7) is 3.79. The molecule has 1 fully saturated rings. The van der Waals surface area contributed by atoms with E-state index in [-0.39, 0.29) is 29.0 Å². The van der Waals surface area contributed by atoms with Gasteiger partial charge in [0, 0.05) is 6.54 Å². The minimum absolute atomic E-state index is 0.0666. The molecule has 2 N–H and O–H groups in total. The number of likely N-dealkylation sites (tertiary alicyclic amines) is 1. The van der Waals surface area contributed by atoms with Gasteiger partial charge < -0.3 is 5.32 Å². The van der Waals surface area contributed by atoms with Crippen LogP contribution in [0.4, 0.5) is 0 Å². The smallest absolute Gasteiger partial charge is 0.294 e. The minimum atomic E-state index is -4.02. The van der Waals surface area contributed by atoms with Crippen LogP contribution in [0.5, 0.6) is 0 Å². The van der Waals surface area contributed by atoms with Crippen LogP contribution in [0, 0.1) is 6.92 Å². The van der Waals surface area contributed by atoms with Gasteiger partial charge in [-0.25, -0.2) is 0 Å². The predicted molar refractivity (Wildman–Crippen MR) is 123 cm³/mol. The molecular formula is C23H29N3O6S. The molecule has 1 saturated heterocycles. The standard InChI is InChI=1S/C16H21N3O3.C7H8O3S/c1-11(15(21)17-10-12-7-5-4-6-8-12)19-14(20)9-13(16(19)22)18(2)3;1-6-2-4-7(5-3-6)11(8,9)10/h4-8,11,13H,9-10H2,1-3H3,(H,17,21);2-5H,1H3,(H,8,9,10)/t11-,13?;/m1./s1. The van der Waals surface area contributed by atoms with E-state index in [1.807, 2.05) is 37.3 Å². The Morgan fingerprint density at radius 3 is 2.18 bits per heavy atom. The molecule has 0 aliphatic carbocycles. The van der Waals surface area contributed by atoms with Crippen LogP contribution in [0.15, 0.2) is 59.5 Å². The van der Waals surface area contributed by atoms with E-state index < -0.39 is 22.2 Å². The second kappa shape index (κ2) is 11.2. The zero-order valence-corrected chi connectivity index (χ0v) is 19.9. The van der Waals surface area contributed by atoms with Crippen LogP contribution in [0.25, 0.3) is 0 Å². The molecule has 10 heteroatoms. The van der Waals surface area contributed by atoms with Crippen LogP contribution in [-0.4, -0.2) is 66.7 Å². The van der Waals surface area contributed by atoms with E-state index in [1.165, 1.54) is 12.1 Å². The molecule has 178 valence electrons. The Morgan fingerprint density at radius 2 is 1.70 bits per heavy atom. The second-order valence-electron chi connectivity index (χ2n) is 7.95. The lowest BCUT2D eigenvalue weighted by Gasteiger charge is -2.23. The van der Waals surface area contributed by atoms with Crippen LogP contribution < -0.4 is 5.32 Å². The third kappa shape index (κ3) is 7.21. The van der Waals surface area contributed by atoms with Gasteiger partial charge in [0.25, 0.3) is 10.1 Å². The lowest BCUT2D eigenvalue weighted by molar-refractivity contribution is -0.147. The van der Waals surface area contributed by atoms with Gasteiger partial charge in [0.15, 0.2) is 0 Å². The number of likely N-dealkylation sites (N-methyl/N-ethyl adjacent to an activating group) is 1. The van der Waals surface area contributed by atoms with Crippen molar-refractivity contribution >= 4 is 27.8 Å². The number of carbonyl (C=O) groups is 3. The van der Waals surface area contributed by atoms with Gasteiger partial charge in [-0.1, -0.05) is 48.0 Å². The molecule has 3 amide bonds. The molecule has 0 radical (unpaired) electrons. The summed E-state index contributed by atoms with van der Waals surface area (Å²) in [5.41, 5.74) is 1.92. The van der Waals surface area contributed by atoms with Crippen LogP contribution >= 0.6 is 0 Å². The van der Waals surface area contributed by atoms with Crippen LogP contribution in [0.2, 0.25) is 0 Å². The van der Waals surface area contributed by atoms with Gasteiger partial charge in [0.2, 0.25) is 17.7 Å². The first-order valence-corrected chi connectivity index (χ1v) is 11.7. The summed E-state index contributed by atoms with van der Waals surface area (Å²) >= 11 is 0. The molecule has 1 unspecified atom stereocenters. The summed E-state index contributed by atoms with van der Waals surface area (Å²) in [6.07, 6.45) is 0.127. The number of rotatable bonds is 6. The Hall–Kier alpha value is -3.08. The minimum Gasteiger partial charge on any atom is -0.350 e. The van der Waals surface area contributed by atoms with E-state index in [2.05, 4.69) is 5.32 Å². The molecule has 3 rings (SSSR count). The number of carbonyl (C=O) groups excluding carboxylic acids is 3. The maximum absolute atomic E-state index is 12.3. The highest BCUT2D eigenvalue weighted by molar-refractivity contribution is 7.85. The fourth-order valence-electron chi connectivity index (χ4n) is 3.21. The average molecular weight is 476 g/mol. The number of amides is 3. The van der Waals surface area contributed by atoms with Gasteiger partial charge >= 0.3 is 0 Å². The number of hydrogen-bond donors (Lipinski definition) is 2. The number of hydrogen-bond acceptors (Lipinski definition) is 6. The van der Waals surface area contributed by atoms with Crippen molar-refractivity contribution in [2.75, 3.05) is 14.1 Å². The third-order valence-corrected chi connectivity index (χ3v) is 6.05. The summed E-state index contributed by atoms with van der Waals surface area (Å²) in [6, 6.07) is 14.2. The lowest BCUT2D eigenvalue weighted by atomic mass is 10.2. The van der Waals surface area contributed by atoms with Crippen LogP contribution in [-0.2, 0) is 31.0 Å². The average Bonchev–Trinajstić information content (AvgIpc) is 3.06. The summed E-state index contributed by atoms with van der Waals surface area (Å²) in [4.78, 5) is 39.2. The molecule has 2 aromatic carbocycles. The van der Waals surface area contributed by atoms with Crippen molar-refractivity contribution in [1.29, 1.82) is 0 Å². The largest absolute Gasteiger partial charge is 0.350 e. The van der Waals surface area contributed by atoms with Crippen molar-refractivity contribution in [3.05, 3.63) is 65.7 Å². The van der Waals surface area contributed by atoms with Crippen molar-refractivity contribution in [3.63, 3.8) is 0 Å². The summed E-state index contributed by atoms with van der Waals surface area (Å²) in [5, 5.41) is 2.76. The molecule has 0 spiro atoms. The fourth-order valence-corrected chi connectivity index (χ4v) is 3.69. The van der Waals surface area contributed by atoms with E-state index in [0.29, 0.717) is 6.54 Å². The molecule has 0 saturated carbocycles. The van der Waals surface area contributed by atoms with Crippen molar-refractivity contribution < 1.29 is 27.4 Å². The maximum Gasteiger partial charge on any atom is 0.294 e. The molecule has 1 aliphatic heterocycles. The monoisotopic (exact) mass is 475 g/mol. The summed E-state index contributed by atoms with van der Waals surface area (Å²) in [5.74, 6) is -0.937. The van der Waals surface area contributed by atoms with Gasteiger partial charge in [-0.2, -0.15) is 8.42 Å². The Bertz CT molecular complexity index is 1080. The molecule has 1 aliphatic rings. The fraction of sp³-hybridized carbons (Fsp3) is 0.348. The van der Waals surface area contributed by atoms with Crippen LogP contribution in [0.3, 0.4) is 0 Å². The molecular weight excluding hydrogens is 446 g/mol. The van der Waals surface area contributed by atoms with Gasteiger partial charge in [-0.05, 0) is 45.6 Å².